The second kappa shape index (κ2) is 36.2. The van der Waals surface area contributed by atoms with Gasteiger partial charge in [0.25, 0.3) is 0 Å². The second-order valence-corrected chi connectivity index (χ2v) is 23.9. The Kier molecular flexibility index (Phi) is 28.7. The molecule has 0 unspecified atom stereocenters. The van der Waals surface area contributed by atoms with Gasteiger partial charge in [-0.05, 0) is 73.1 Å². The third-order valence-corrected chi connectivity index (χ3v) is 15.6. The van der Waals surface area contributed by atoms with Crippen LogP contribution in [0.2, 0.25) is 0 Å². The van der Waals surface area contributed by atoms with Crippen LogP contribution in [-0.2, 0) is 78.4 Å². The van der Waals surface area contributed by atoms with Crippen LogP contribution in [-0.4, -0.2) is 185 Å². The van der Waals surface area contributed by atoms with Crippen LogP contribution in [0.15, 0.2) is 84.6 Å². The zero-order valence-electron chi connectivity index (χ0n) is 53.1. The molecule has 1 aliphatic rings. The van der Waals surface area contributed by atoms with Gasteiger partial charge >= 0.3 is 11.9 Å². The first-order valence-corrected chi connectivity index (χ1v) is 30.9. The molecule has 506 valence electrons. The van der Waals surface area contributed by atoms with Crippen LogP contribution in [0, 0.1) is 17.8 Å². The number of aromatic amines is 2. The predicted octanol–water partition coefficient (Wildman–Crippen LogP) is -1.33. The number of carbonyl (C=O) groups is 11. The zero-order valence-corrected chi connectivity index (χ0v) is 53.1. The number of aromatic hydroxyl groups is 1. The van der Waals surface area contributed by atoms with Gasteiger partial charge in [-0.3, -0.25) is 52.9 Å². The number of carbonyl (C=O) groups excluding carboxylic acids is 9. The number of nitrogens with two attached hydrogens (primary N) is 3. The molecule has 11 atom stereocenters. The molecule has 5 rings (SSSR count). The van der Waals surface area contributed by atoms with Gasteiger partial charge in [0.05, 0.1) is 25.1 Å². The van der Waals surface area contributed by atoms with Crippen LogP contribution in [0.3, 0.4) is 0 Å². The molecule has 1 saturated heterocycles. The lowest BCUT2D eigenvalue weighted by Crippen LogP contribution is -2.62. The van der Waals surface area contributed by atoms with Crippen molar-refractivity contribution < 1.29 is 68.1 Å². The molecule has 2 aromatic carbocycles. The van der Waals surface area contributed by atoms with Crippen molar-refractivity contribution in [3.63, 3.8) is 0 Å². The van der Waals surface area contributed by atoms with E-state index in [2.05, 4.69) is 67.5 Å². The maximum Gasteiger partial charge on any atom is 0.326 e. The molecular weight excluding hydrogens is 1210 g/mol. The quantitative estimate of drug-likeness (QED) is 0.0141. The van der Waals surface area contributed by atoms with Gasteiger partial charge in [0.2, 0.25) is 53.2 Å². The largest absolute Gasteiger partial charge is 0.508 e. The van der Waals surface area contributed by atoms with Crippen LogP contribution in [0.1, 0.15) is 109 Å². The maximum absolute atomic E-state index is 15.1. The van der Waals surface area contributed by atoms with Gasteiger partial charge in [-0.2, -0.15) is 0 Å². The summed E-state index contributed by atoms with van der Waals surface area (Å²) in [7, 11) is 0. The van der Waals surface area contributed by atoms with E-state index in [1.807, 2.05) is 0 Å². The van der Waals surface area contributed by atoms with E-state index in [1.165, 1.54) is 54.2 Å². The Morgan fingerprint density at radius 1 is 0.624 bits per heavy atom. The zero-order chi connectivity index (χ0) is 68.5. The maximum atomic E-state index is 15.1. The lowest BCUT2D eigenvalue weighted by atomic mass is 9.96. The highest BCUT2D eigenvalue weighted by atomic mass is 16.4. The van der Waals surface area contributed by atoms with Crippen molar-refractivity contribution in [2.75, 3.05) is 13.1 Å². The predicted molar refractivity (Wildman–Crippen MR) is 338 cm³/mol. The molecule has 31 nitrogen and oxygen atoms in total. The SMILES string of the molecule is CC[C@@H](C)[C@H](NC(=O)[C@H](Cc1ccc(O)cc1)NC(=O)[C@@H](NC(=O)[C@H](CCCN=C(N)N)NC(=O)[C@@H](N)CC(=O)O)C(C)C)C(=O)N[C@@H](Cc1cnc[nH]1)C(=O)N1CCC[C@@H]1C(=O)N[C@@H](Cc1ccccc1)C(=O)N[C@@H](Cc1cnc[nH]1)C(=O)N[C@@H](CC(C)C)C(=O)O. The summed E-state index contributed by atoms with van der Waals surface area (Å²) in [5.74, 6) is -11.7. The molecular formula is C62H89N17O14. The highest BCUT2D eigenvalue weighted by Crippen LogP contribution is 2.22. The van der Waals surface area contributed by atoms with Crippen LogP contribution in [0.25, 0.3) is 0 Å². The number of hydrogen-bond donors (Lipinski definition) is 16. The molecule has 0 radical (unpaired) electrons. The average Bonchev–Trinajstić information content (AvgIpc) is 1.81. The van der Waals surface area contributed by atoms with Crippen molar-refractivity contribution in [2.45, 2.75) is 173 Å². The highest BCUT2D eigenvalue weighted by molar-refractivity contribution is 5.99. The van der Waals surface area contributed by atoms with E-state index >= 15 is 4.79 Å². The molecule has 93 heavy (non-hydrogen) atoms. The fourth-order valence-corrected chi connectivity index (χ4v) is 10.4. The van der Waals surface area contributed by atoms with Crippen molar-refractivity contribution in [2.24, 2.45) is 39.9 Å². The number of phenols is 1. The summed E-state index contributed by atoms with van der Waals surface area (Å²) >= 11 is 0. The van der Waals surface area contributed by atoms with Crippen molar-refractivity contribution >= 4 is 71.1 Å². The average molecular weight is 1300 g/mol. The molecule has 19 N–H and O–H groups in total. The van der Waals surface area contributed by atoms with Crippen molar-refractivity contribution in [3.8, 4) is 5.75 Å². The first kappa shape index (κ1) is 73.8. The molecule has 1 fully saturated rings. The van der Waals surface area contributed by atoms with E-state index in [9.17, 15) is 63.3 Å². The number of aliphatic imine (C=N–C) groups is 1. The summed E-state index contributed by atoms with van der Waals surface area (Å²) in [4.78, 5) is 172. The minimum atomic E-state index is -1.53. The van der Waals surface area contributed by atoms with Gasteiger partial charge < -0.3 is 89.9 Å². The van der Waals surface area contributed by atoms with E-state index in [1.54, 1.807) is 71.9 Å². The molecule has 0 spiro atoms. The Balaban J connectivity index is 1.40. The van der Waals surface area contributed by atoms with E-state index in [0.717, 1.165) is 0 Å². The number of amides is 9. The Labute approximate surface area is 538 Å². The standard InChI is InChI=1S/C62H89N17O14/c1-7-35(6)51(78-56(87)44(25-37-17-19-40(80)20-18-37)74-58(89)50(34(4)5)77-53(84)42(15-11-21-68-62(64)65)71-52(83)41(63)28-49(81)82)59(90)75-46(27-39-30-67-32-70-39)60(91)79-22-12-16-48(79)57(88)73-43(24-36-13-9-8-10-14-36)54(85)72-45(26-38-29-66-31-69-38)55(86)76-47(61(92)93)23-33(2)3/h8-10,13-14,17-20,29-35,41-48,50-51,80H,7,11-12,15-16,21-28,63H2,1-6H3,(H,66,69)(H,67,70)(H,71,83)(H,72,85)(H,73,88)(H,74,89)(H,75,90)(H,76,86)(H,77,84)(H,78,87)(H,81,82)(H,92,93)(H4,64,65,68)/t35-,41+,42+,43+,44+,45+,46+,47+,48-,50+,51+/m1/s1. The lowest BCUT2D eigenvalue weighted by Gasteiger charge is -2.32. The third kappa shape index (κ3) is 23.7. The topological polar surface area (TPSA) is 496 Å². The monoisotopic (exact) mass is 1300 g/mol. The molecule has 3 heterocycles. The Hall–Kier alpha value is -9.94. The number of nitrogens with zero attached hydrogens (tertiary/aromatic N) is 4. The van der Waals surface area contributed by atoms with Gasteiger partial charge in [0.1, 0.15) is 60.1 Å². The van der Waals surface area contributed by atoms with Gasteiger partial charge in [-0.25, -0.2) is 14.8 Å². The van der Waals surface area contributed by atoms with Gasteiger partial charge in [-0.1, -0.05) is 90.4 Å². The summed E-state index contributed by atoms with van der Waals surface area (Å²) in [6.45, 7) is 10.4. The minimum Gasteiger partial charge on any atom is -0.508 e. The van der Waals surface area contributed by atoms with E-state index in [-0.39, 0.29) is 82.1 Å². The molecule has 1 aliphatic heterocycles. The highest BCUT2D eigenvalue weighted by Gasteiger charge is 2.42. The third-order valence-electron chi connectivity index (χ3n) is 15.6. The van der Waals surface area contributed by atoms with Crippen LogP contribution < -0.4 is 59.7 Å². The number of carboxylic acids is 2. The van der Waals surface area contributed by atoms with Crippen molar-refractivity contribution in [1.29, 1.82) is 0 Å². The summed E-state index contributed by atoms with van der Waals surface area (Å²) in [5, 5.41) is 50.8. The first-order chi connectivity index (χ1) is 44.1. The van der Waals surface area contributed by atoms with Crippen molar-refractivity contribution in [3.05, 3.63) is 102 Å². The molecule has 4 aromatic rings. The number of benzene rings is 2. The molecule has 9 amide bonds. The number of aromatic nitrogens is 4. The van der Waals surface area contributed by atoms with Crippen LogP contribution >= 0.6 is 0 Å². The van der Waals surface area contributed by atoms with E-state index < -0.39 is 144 Å². The fraction of sp³-hybridized carbons (Fsp3) is 0.516. The number of H-pyrrole nitrogens is 2. The number of aliphatic carboxylic acids is 2. The molecule has 31 heteroatoms. The molecule has 2 aromatic heterocycles. The van der Waals surface area contributed by atoms with Crippen molar-refractivity contribution in [1.82, 2.24) is 67.4 Å². The van der Waals surface area contributed by atoms with E-state index in [4.69, 9.17) is 17.2 Å². The normalized spacial score (nSPS) is 16.1. The number of nitrogens with one attached hydrogen (secondary N) is 10. The van der Waals surface area contributed by atoms with E-state index in [0.29, 0.717) is 35.4 Å². The fourth-order valence-electron chi connectivity index (χ4n) is 10.4. The second-order valence-electron chi connectivity index (χ2n) is 23.9. The number of likely N-dealkylation sites (tertiary alicyclic amines) is 1. The number of hydrogen-bond acceptors (Lipinski definition) is 16. The number of imidazole rings is 2. The number of guanidine groups is 1. The minimum absolute atomic E-state index is 0.0425. The summed E-state index contributed by atoms with van der Waals surface area (Å²) in [6, 6.07) is 0.810. The van der Waals surface area contributed by atoms with Gasteiger partial charge in [0, 0.05) is 62.6 Å². The smallest absolute Gasteiger partial charge is 0.326 e. The number of rotatable bonds is 37. The molecule has 0 aliphatic carbocycles. The summed E-state index contributed by atoms with van der Waals surface area (Å²) < 4.78 is 0. The number of phenolic OH excluding ortho intramolecular Hbond substituents is 1. The lowest BCUT2D eigenvalue weighted by molar-refractivity contribution is -0.143. The Morgan fingerprint density at radius 3 is 1.68 bits per heavy atom. The first-order valence-electron chi connectivity index (χ1n) is 30.9. The Morgan fingerprint density at radius 2 is 1.13 bits per heavy atom. The molecule has 0 bridgehead atoms. The number of carboxylic acid groups (broad SMARTS) is 2. The molecule has 0 saturated carbocycles. The summed E-state index contributed by atoms with van der Waals surface area (Å²) in [6.07, 6.45) is 5.26. The summed E-state index contributed by atoms with van der Waals surface area (Å²) in [5.41, 5.74) is 18.7. The van der Waals surface area contributed by atoms with Gasteiger partial charge in [-0.15, -0.1) is 0 Å². The Bertz CT molecular complexity index is 3180. The van der Waals surface area contributed by atoms with Crippen LogP contribution in [0.4, 0.5) is 0 Å². The van der Waals surface area contributed by atoms with Gasteiger partial charge in [0.15, 0.2) is 5.96 Å². The van der Waals surface area contributed by atoms with Crippen LogP contribution in [0.5, 0.6) is 5.75 Å².